The lowest BCUT2D eigenvalue weighted by molar-refractivity contribution is 0.629. The standard InChI is InChI=1S/C18H11ClFN7/c1-10-5-15(24-9-23-10)25-18-12-8-27(26-16(12)14(20)7-22-18)17-11(6-21)3-2-4-13(17)19/h2-5,7-9H,1H3,(H,22,23,24,25). The monoisotopic (exact) mass is 379 g/mol. The molecule has 0 unspecified atom stereocenters. The SMILES string of the molecule is Cc1cc(Nc2ncc(F)c3nn(-c4c(Cl)cccc4C#N)cc23)ncn1. The molecule has 4 rings (SSSR count). The maximum absolute atomic E-state index is 14.3. The maximum Gasteiger partial charge on any atom is 0.169 e. The zero-order valence-electron chi connectivity index (χ0n) is 14.0. The van der Waals surface area contributed by atoms with E-state index in [0.29, 0.717) is 33.3 Å². The van der Waals surface area contributed by atoms with E-state index in [4.69, 9.17) is 11.6 Å². The van der Waals surface area contributed by atoms with E-state index in [1.54, 1.807) is 30.5 Å². The average Bonchev–Trinajstić information content (AvgIpc) is 3.10. The van der Waals surface area contributed by atoms with Crippen LogP contribution in [0, 0.1) is 24.1 Å². The largest absolute Gasteiger partial charge is 0.324 e. The van der Waals surface area contributed by atoms with Crippen molar-refractivity contribution in [3.05, 3.63) is 65.1 Å². The Balaban J connectivity index is 1.88. The number of aryl methyl sites for hydroxylation is 1. The normalized spacial score (nSPS) is 10.7. The van der Waals surface area contributed by atoms with E-state index in [-0.39, 0.29) is 5.52 Å². The second-order valence-corrected chi connectivity index (χ2v) is 6.12. The molecule has 0 aliphatic carbocycles. The number of benzene rings is 1. The molecule has 132 valence electrons. The van der Waals surface area contributed by atoms with Gasteiger partial charge in [-0.1, -0.05) is 17.7 Å². The second-order valence-electron chi connectivity index (χ2n) is 5.71. The van der Waals surface area contributed by atoms with Crippen molar-refractivity contribution in [1.29, 1.82) is 5.26 Å². The number of rotatable bonds is 3. The second kappa shape index (κ2) is 6.63. The highest BCUT2D eigenvalue weighted by Crippen LogP contribution is 2.29. The molecular formula is C18H11ClFN7. The van der Waals surface area contributed by atoms with Gasteiger partial charge in [0.15, 0.2) is 5.82 Å². The number of fused-ring (bicyclic) bond motifs is 1. The fraction of sp³-hybridized carbons (Fsp3) is 0.0556. The minimum atomic E-state index is -0.585. The molecule has 0 aliphatic rings. The number of nitrogens with one attached hydrogen (secondary N) is 1. The Kier molecular flexibility index (Phi) is 4.14. The van der Waals surface area contributed by atoms with Crippen molar-refractivity contribution in [3.63, 3.8) is 0 Å². The molecule has 4 aromatic rings. The van der Waals surface area contributed by atoms with E-state index in [2.05, 4.69) is 31.4 Å². The summed E-state index contributed by atoms with van der Waals surface area (Å²) in [6, 6.07) is 8.73. The van der Waals surface area contributed by atoms with Crippen LogP contribution in [0.1, 0.15) is 11.3 Å². The minimum Gasteiger partial charge on any atom is -0.324 e. The van der Waals surface area contributed by atoms with Crippen LogP contribution in [-0.4, -0.2) is 24.7 Å². The first-order valence-electron chi connectivity index (χ1n) is 7.85. The van der Waals surface area contributed by atoms with Crippen molar-refractivity contribution in [2.24, 2.45) is 0 Å². The lowest BCUT2D eigenvalue weighted by Crippen LogP contribution is -1.99. The van der Waals surface area contributed by atoms with Crippen LogP contribution in [0.15, 0.2) is 43.0 Å². The van der Waals surface area contributed by atoms with Gasteiger partial charge in [0.25, 0.3) is 0 Å². The molecule has 7 nitrogen and oxygen atoms in total. The third-order valence-corrected chi connectivity index (χ3v) is 4.19. The van der Waals surface area contributed by atoms with E-state index < -0.39 is 5.82 Å². The molecule has 0 amide bonds. The summed E-state index contributed by atoms with van der Waals surface area (Å²) in [4.78, 5) is 12.3. The fourth-order valence-corrected chi connectivity index (χ4v) is 2.93. The van der Waals surface area contributed by atoms with Crippen LogP contribution in [0.2, 0.25) is 5.02 Å². The Hall–Kier alpha value is -3.57. The molecule has 0 aliphatic heterocycles. The summed E-state index contributed by atoms with van der Waals surface area (Å²) in [5.74, 6) is 0.311. The van der Waals surface area contributed by atoms with Crippen LogP contribution in [-0.2, 0) is 0 Å². The third kappa shape index (κ3) is 3.05. The first kappa shape index (κ1) is 16.9. The summed E-state index contributed by atoms with van der Waals surface area (Å²) in [5.41, 5.74) is 1.57. The minimum absolute atomic E-state index is 0.0992. The summed E-state index contributed by atoms with van der Waals surface area (Å²) in [6.07, 6.45) is 4.07. The van der Waals surface area contributed by atoms with Crippen molar-refractivity contribution in [2.45, 2.75) is 6.92 Å². The molecule has 0 bridgehead atoms. The van der Waals surface area contributed by atoms with Crippen LogP contribution in [0.4, 0.5) is 16.0 Å². The molecule has 0 saturated carbocycles. The number of anilines is 2. The molecule has 0 radical (unpaired) electrons. The molecule has 3 heterocycles. The molecule has 1 N–H and O–H groups in total. The molecular weight excluding hydrogens is 369 g/mol. The highest BCUT2D eigenvalue weighted by molar-refractivity contribution is 6.32. The Labute approximate surface area is 158 Å². The predicted molar refractivity (Wildman–Crippen MR) is 98.6 cm³/mol. The molecule has 0 fully saturated rings. The molecule has 9 heteroatoms. The van der Waals surface area contributed by atoms with Gasteiger partial charge in [0, 0.05) is 18.0 Å². The van der Waals surface area contributed by atoms with Crippen molar-refractivity contribution < 1.29 is 4.39 Å². The van der Waals surface area contributed by atoms with Gasteiger partial charge in [0.2, 0.25) is 0 Å². The van der Waals surface area contributed by atoms with E-state index in [1.807, 2.05) is 6.92 Å². The first-order chi connectivity index (χ1) is 13.1. The summed E-state index contributed by atoms with van der Waals surface area (Å²) in [5, 5.41) is 17.4. The van der Waals surface area contributed by atoms with Gasteiger partial charge in [-0.15, -0.1) is 0 Å². The summed E-state index contributed by atoms with van der Waals surface area (Å²) in [7, 11) is 0. The molecule has 0 spiro atoms. The van der Waals surface area contributed by atoms with Crippen molar-refractivity contribution in [2.75, 3.05) is 5.32 Å². The third-order valence-electron chi connectivity index (χ3n) is 3.89. The van der Waals surface area contributed by atoms with E-state index in [9.17, 15) is 9.65 Å². The van der Waals surface area contributed by atoms with E-state index in [0.717, 1.165) is 11.9 Å². The average molecular weight is 380 g/mol. The lowest BCUT2D eigenvalue weighted by Gasteiger charge is -2.06. The maximum atomic E-state index is 14.3. The highest BCUT2D eigenvalue weighted by Gasteiger charge is 2.17. The number of hydrogen-bond donors (Lipinski definition) is 1. The molecule has 0 saturated heterocycles. The van der Waals surface area contributed by atoms with Gasteiger partial charge in [0.1, 0.15) is 35.2 Å². The topological polar surface area (TPSA) is 92.3 Å². The van der Waals surface area contributed by atoms with Gasteiger partial charge in [-0.05, 0) is 19.1 Å². The number of hydrogen-bond acceptors (Lipinski definition) is 6. The number of nitriles is 1. The summed E-state index contributed by atoms with van der Waals surface area (Å²) in [6.45, 7) is 1.83. The summed E-state index contributed by atoms with van der Waals surface area (Å²) < 4.78 is 15.7. The molecule has 0 atom stereocenters. The molecule has 27 heavy (non-hydrogen) atoms. The highest BCUT2D eigenvalue weighted by atomic mass is 35.5. The summed E-state index contributed by atoms with van der Waals surface area (Å²) >= 11 is 6.24. The Morgan fingerprint density at radius 1 is 1.26 bits per heavy atom. The van der Waals surface area contributed by atoms with E-state index in [1.165, 1.54) is 11.0 Å². The number of nitrogens with zero attached hydrogens (tertiary/aromatic N) is 6. The van der Waals surface area contributed by atoms with Gasteiger partial charge in [-0.25, -0.2) is 24.0 Å². The van der Waals surface area contributed by atoms with Crippen LogP contribution in [0.5, 0.6) is 0 Å². The van der Waals surface area contributed by atoms with Gasteiger partial charge >= 0.3 is 0 Å². The lowest BCUT2D eigenvalue weighted by atomic mass is 10.2. The number of halogens is 2. The van der Waals surface area contributed by atoms with Gasteiger partial charge < -0.3 is 5.32 Å². The molecule has 1 aromatic carbocycles. The predicted octanol–water partition coefficient (Wildman–Crippen LogP) is 3.93. The first-order valence-corrected chi connectivity index (χ1v) is 8.23. The van der Waals surface area contributed by atoms with Crippen molar-refractivity contribution >= 4 is 34.1 Å². The smallest absolute Gasteiger partial charge is 0.169 e. The Bertz CT molecular complexity index is 1210. The number of pyridine rings is 1. The van der Waals surface area contributed by atoms with Crippen LogP contribution >= 0.6 is 11.6 Å². The van der Waals surface area contributed by atoms with Gasteiger partial charge in [0.05, 0.1) is 22.2 Å². The van der Waals surface area contributed by atoms with Crippen LogP contribution < -0.4 is 5.32 Å². The fourth-order valence-electron chi connectivity index (χ4n) is 2.67. The number of aromatic nitrogens is 5. The van der Waals surface area contributed by atoms with E-state index >= 15 is 0 Å². The van der Waals surface area contributed by atoms with Crippen molar-refractivity contribution in [1.82, 2.24) is 24.7 Å². The Morgan fingerprint density at radius 2 is 2.11 bits per heavy atom. The van der Waals surface area contributed by atoms with Crippen LogP contribution in [0.3, 0.4) is 0 Å². The van der Waals surface area contributed by atoms with Crippen molar-refractivity contribution in [3.8, 4) is 11.8 Å². The quantitative estimate of drug-likeness (QED) is 0.579. The van der Waals surface area contributed by atoms with Crippen LogP contribution in [0.25, 0.3) is 16.6 Å². The zero-order valence-corrected chi connectivity index (χ0v) is 14.7. The van der Waals surface area contributed by atoms with Gasteiger partial charge in [-0.3, -0.25) is 0 Å². The Morgan fingerprint density at radius 3 is 2.89 bits per heavy atom. The molecule has 3 aromatic heterocycles. The zero-order chi connectivity index (χ0) is 19.0. The van der Waals surface area contributed by atoms with Gasteiger partial charge in [-0.2, -0.15) is 10.4 Å². The number of para-hydroxylation sites is 1.